The molecular formula is C16H22N2O3. The lowest BCUT2D eigenvalue weighted by atomic mass is 9.82. The van der Waals surface area contributed by atoms with Crippen molar-refractivity contribution in [2.75, 3.05) is 13.1 Å². The Morgan fingerprint density at radius 3 is 2.48 bits per heavy atom. The monoisotopic (exact) mass is 290 g/mol. The summed E-state index contributed by atoms with van der Waals surface area (Å²) in [5, 5.41) is 9.17. The molecule has 2 aliphatic rings. The molecule has 0 aromatic carbocycles. The van der Waals surface area contributed by atoms with Crippen LogP contribution < -0.4 is 0 Å². The van der Waals surface area contributed by atoms with Gasteiger partial charge < -0.3 is 14.6 Å². The van der Waals surface area contributed by atoms with Crippen LogP contribution in [0.2, 0.25) is 0 Å². The van der Waals surface area contributed by atoms with Crippen LogP contribution in [0.25, 0.3) is 0 Å². The first-order valence-electron chi connectivity index (χ1n) is 7.83. The third-order valence-electron chi connectivity index (χ3n) is 4.90. The molecule has 5 heteroatoms. The van der Waals surface area contributed by atoms with E-state index in [4.69, 9.17) is 0 Å². The number of carboxylic acid groups (broad SMARTS) is 1. The summed E-state index contributed by atoms with van der Waals surface area (Å²) in [5.41, 5.74) is 0.342. The zero-order valence-corrected chi connectivity index (χ0v) is 12.2. The van der Waals surface area contributed by atoms with Gasteiger partial charge >= 0.3 is 5.97 Å². The summed E-state index contributed by atoms with van der Waals surface area (Å²) in [6, 6.07) is 3.60. The summed E-state index contributed by atoms with van der Waals surface area (Å²) in [6.07, 6.45) is 7.89. The number of likely N-dealkylation sites (tertiary alicyclic amines) is 1. The van der Waals surface area contributed by atoms with E-state index < -0.39 is 5.97 Å². The molecule has 1 aromatic rings. The predicted molar refractivity (Wildman–Crippen MR) is 78.2 cm³/mol. The highest BCUT2D eigenvalue weighted by atomic mass is 16.4. The molecule has 0 spiro atoms. The van der Waals surface area contributed by atoms with Crippen LogP contribution in [-0.2, 0) is 4.79 Å². The second kappa shape index (κ2) is 5.92. The zero-order valence-electron chi connectivity index (χ0n) is 12.2. The van der Waals surface area contributed by atoms with Gasteiger partial charge in [0.05, 0.1) is 0 Å². The standard InChI is InChI=1S/C16H22N2O3/c19-15(11-12-3-1-4-12)17-9-6-13(7-10-17)18-8-2-5-14(18)16(20)21/h2,5,8,12-13H,1,3-4,6-7,9-11H2,(H,20,21). The van der Waals surface area contributed by atoms with Crippen LogP contribution in [-0.4, -0.2) is 39.5 Å². The molecule has 1 aliphatic heterocycles. The minimum atomic E-state index is -0.886. The van der Waals surface area contributed by atoms with Crippen LogP contribution in [0.5, 0.6) is 0 Å². The van der Waals surface area contributed by atoms with Gasteiger partial charge in [0, 0.05) is 31.7 Å². The number of aromatic nitrogens is 1. The zero-order chi connectivity index (χ0) is 14.8. The van der Waals surface area contributed by atoms with E-state index in [9.17, 15) is 14.7 Å². The highest BCUT2D eigenvalue weighted by molar-refractivity contribution is 5.85. The first kappa shape index (κ1) is 14.2. The molecule has 1 aromatic heterocycles. The van der Waals surface area contributed by atoms with Crippen LogP contribution in [0.4, 0.5) is 0 Å². The largest absolute Gasteiger partial charge is 0.477 e. The van der Waals surface area contributed by atoms with Gasteiger partial charge in [0.25, 0.3) is 0 Å². The van der Waals surface area contributed by atoms with Crippen LogP contribution in [0, 0.1) is 5.92 Å². The van der Waals surface area contributed by atoms with Crippen LogP contribution >= 0.6 is 0 Å². The van der Waals surface area contributed by atoms with Gasteiger partial charge in [-0.2, -0.15) is 0 Å². The number of hydrogen-bond acceptors (Lipinski definition) is 2. The molecule has 2 heterocycles. The Kier molecular flexibility index (Phi) is 3.99. The molecule has 1 saturated carbocycles. The molecule has 3 rings (SSSR count). The fourth-order valence-electron chi connectivity index (χ4n) is 3.36. The molecule has 2 fully saturated rings. The summed E-state index contributed by atoms with van der Waals surface area (Å²) >= 11 is 0. The van der Waals surface area contributed by atoms with Crippen molar-refractivity contribution in [2.24, 2.45) is 5.92 Å². The molecule has 1 saturated heterocycles. The Morgan fingerprint density at radius 2 is 1.90 bits per heavy atom. The van der Waals surface area contributed by atoms with E-state index in [-0.39, 0.29) is 11.9 Å². The van der Waals surface area contributed by atoms with Gasteiger partial charge in [-0.3, -0.25) is 4.79 Å². The van der Waals surface area contributed by atoms with Crippen molar-refractivity contribution in [1.29, 1.82) is 0 Å². The van der Waals surface area contributed by atoms with Gasteiger partial charge in [0.2, 0.25) is 5.91 Å². The summed E-state index contributed by atoms with van der Waals surface area (Å²) in [6.45, 7) is 1.49. The summed E-state index contributed by atoms with van der Waals surface area (Å²) < 4.78 is 1.84. The molecule has 114 valence electrons. The first-order valence-corrected chi connectivity index (χ1v) is 7.83. The van der Waals surface area contributed by atoms with E-state index in [2.05, 4.69) is 0 Å². The van der Waals surface area contributed by atoms with Crippen LogP contribution in [0.1, 0.15) is 55.1 Å². The maximum atomic E-state index is 12.2. The highest BCUT2D eigenvalue weighted by Gasteiger charge is 2.28. The fraction of sp³-hybridized carbons (Fsp3) is 0.625. The molecule has 1 aliphatic carbocycles. The number of carbonyl (C=O) groups is 2. The van der Waals surface area contributed by atoms with Crippen LogP contribution in [0.3, 0.4) is 0 Å². The van der Waals surface area contributed by atoms with Crippen molar-refractivity contribution in [3.05, 3.63) is 24.0 Å². The number of piperidine rings is 1. The first-order chi connectivity index (χ1) is 10.1. The number of carbonyl (C=O) groups excluding carboxylic acids is 1. The quantitative estimate of drug-likeness (QED) is 0.927. The number of aromatic carboxylic acids is 1. The van der Waals surface area contributed by atoms with Crippen molar-refractivity contribution >= 4 is 11.9 Å². The smallest absolute Gasteiger partial charge is 0.352 e. The third kappa shape index (κ3) is 2.96. The average Bonchev–Trinajstić information content (AvgIpc) is 2.92. The van der Waals surface area contributed by atoms with Gasteiger partial charge in [-0.15, -0.1) is 0 Å². The number of rotatable bonds is 4. The van der Waals surface area contributed by atoms with Gasteiger partial charge in [-0.05, 0) is 43.7 Å². The number of amides is 1. The van der Waals surface area contributed by atoms with Crippen molar-refractivity contribution < 1.29 is 14.7 Å². The summed E-state index contributed by atoms with van der Waals surface area (Å²) in [4.78, 5) is 25.3. The predicted octanol–water partition coefficient (Wildman–Crippen LogP) is 2.54. The third-order valence-corrected chi connectivity index (χ3v) is 4.90. The molecule has 21 heavy (non-hydrogen) atoms. The van der Waals surface area contributed by atoms with E-state index >= 15 is 0 Å². The van der Waals surface area contributed by atoms with E-state index in [0.29, 0.717) is 18.0 Å². The molecule has 0 radical (unpaired) electrons. The van der Waals surface area contributed by atoms with Crippen molar-refractivity contribution in [1.82, 2.24) is 9.47 Å². The Balaban J connectivity index is 1.55. The van der Waals surface area contributed by atoms with Crippen molar-refractivity contribution in [2.45, 2.75) is 44.6 Å². The minimum Gasteiger partial charge on any atom is -0.477 e. The SMILES string of the molecule is O=C(O)c1cccn1C1CCN(C(=O)CC2CCC2)CC1. The minimum absolute atomic E-state index is 0.193. The van der Waals surface area contributed by atoms with E-state index in [1.54, 1.807) is 12.1 Å². The van der Waals surface area contributed by atoms with Gasteiger partial charge in [-0.25, -0.2) is 4.79 Å². The van der Waals surface area contributed by atoms with Gasteiger partial charge in [-0.1, -0.05) is 6.42 Å². The molecule has 5 nitrogen and oxygen atoms in total. The number of hydrogen-bond donors (Lipinski definition) is 1. The average molecular weight is 290 g/mol. The lowest BCUT2D eigenvalue weighted by molar-refractivity contribution is -0.134. The Labute approximate surface area is 124 Å². The lowest BCUT2D eigenvalue weighted by Crippen LogP contribution is -2.40. The lowest BCUT2D eigenvalue weighted by Gasteiger charge is -2.35. The van der Waals surface area contributed by atoms with E-state index in [0.717, 1.165) is 25.9 Å². The molecule has 1 N–H and O–H groups in total. The second-order valence-corrected chi connectivity index (χ2v) is 6.22. The maximum absolute atomic E-state index is 12.2. The topological polar surface area (TPSA) is 62.5 Å². The maximum Gasteiger partial charge on any atom is 0.352 e. The Bertz CT molecular complexity index is 525. The fourth-order valence-corrected chi connectivity index (χ4v) is 3.36. The number of nitrogens with zero attached hydrogens (tertiary/aromatic N) is 2. The number of carboxylic acids is 1. The Hall–Kier alpha value is -1.78. The summed E-state index contributed by atoms with van der Waals surface area (Å²) in [5.74, 6) is 0.00545. The normalized spacial score (nSPS) is 20.3. The van der Waals surface area contributed by atoms with E-state index in [1.165, 1.54) is 19.3 Å². The molecule has 0 atom stereocenters. The molecule has 0 unspecified atom stereocenters. The summed E-state index contributed by atoms with van der Waals surface area (Å²) in [7, 11) is 0. The molecule has 1 amide bonds. The van der Waals surface area contributed by atoms with Crippen molar-refractivity contribution in [3.8, 4) is 0 Å². The van der Waals surface area contributed by atoms with E-state index in [1.807, 2.05) is 15.7 Å². The molecule has 0 bridgehead atoms. The molecular weight excluding hydrogens is 268 g/mol. The highest BCUT2D eigenvalue weighted by Crippen LogP contribution is 2.31. The van der Waals surface area contributed by atoms with Gasteiger partial charge in [0.15, 0.2) is 0 Å². The second-order valence-electron chi connectivity index (χ2n) is 6.22. The Morgan fingerprint density at radius 1 is 1.19 bits per heavy atom. The van der Waals surface area contributed by atoms with Crippen LogP contribution in [0.15, 0.2) is 18.3 Å². The van der Waals surface area contributed by atoms with Gasteiger partial charge in [0.1, 0.15) is 5.69 Å². The van der Waals surface area contributed by atoms with Crippen molar-refractivity contribution in [3.63, 3.8) is 0 Å².